The summed E-state index contributed by atoms with van der Waals surface area (Å²) < 4.78 is 5.12. The van der Waals surface area contributed by atoms with Gasteiger partial charge in [-0.05, 0) is 38.6 Å². The number of aromatic nitrogens is 1. The summed E-state index contributed by atoms with van der Waals surface area (Å²) in [4.78, 5) is 8.58. The zero-order valence-corrected chi connectivity index (χ0v) is 13.8. The lowest BCUT2D eigenvalue weighted by Crippen LogP contribution is -2.24. The molecule has 0 aromatic carbocycles. The van der Waals surface area contributed by atoms with Gasteiger partial charge in [-0.3, -0.25) is 0 Å². The average molecular weight is 297 g/mol. The summed E-state index contributed by atoms with van der Waals surface area (Å²) in [7, 11) is 3.89. The molecule has 0 spiro atoms. The molecule has 5 heteroatoms. The highest BCUT2D eigenvalue weighted by Gasteiger charge is 2.24. The molecule has 0 saturated carbocycles. The molecule has 0 amide bonds. The first kappa shape index (κ1) is 15.7. The van der Waals surface area contributed by atoms with Crippen molar-refractivity contribution in [3.05, 3.63) is 10.6 Å². The third kappa shape index (κ3) is 3.93. The molecule has 1 atom stereocenters. The van der Waals surface area contributed by atoms with E-state index in [0.717, 1.165) is 37.7 Å². The Balaban J connectivity index is 2.01. The van der Waals surface area contributed by atoms with Crippen LogP contribution in [0.3, 0.4) is 0 Å². The third-order valence-corrected chi connectivity index (χ3v) is 5.07. The van der Waals surface area contributed by atoms with Crippen LogP contribution in [0, 0.1) is 0 Å². The fourth-order valence-electron chi connectivity index (χ4n) is 2.63. The normalized spacial score (nSPS) is 18.1. The fourth-order valence-corrected chi connectivity index (χ4v) is 3.83. The lowest BCUT2D eigenvalue weighted by molar-refractivity contribution is 0.196. The summed E-state index contributed by atoms with van der Waals surface area (Å²) in [6.45, 7) is 5.14. The number of anilines is 1. The molecule has 0 bridgehead atoms. The summed E-state index contributed by atoms with van der Waals surface area (Å²) in [5.74, 6) is 0. The smallest absolute Gasteiger partial charge is 0.185 e. The summed E-state index contributed by atoms with van der Waals surface area (Å²) in [6, 6.07) is 0.525. The van der Waals surface area contributed by atoms with Crippen LogP contribution in [0.2, 0.25) is 0 Å². The number of methoxy groups -OCH3 is 1. The minimum absolute atomic E-state index is 0.525. The molecule has 1 heterocycles. The van der Waals surface area contributed by atoms with Crippen molar-refractivity contribution in [1.29, 1.82) is 0 Å². The molecule has 1 aromatic rings. The van der Waals surface area contributed by atoms with E-state index in [1.807, 2.05) is 11.3 Å². The van der Waals surface area contributed by atoms with E-state index in [-0.39, 0.29) is 0 Å². The van der Waals surface area contributed by atoms with E-state index in [2.05, 4.69) is 24.2 Å². The molecule has 1 aliphatic rings. The number of fused-ring (bicyclic) bond motifs is 1. The highest BCUT2D eigenvalue weighted by Crippen LogP contribution is 2.37. The third-order valence-electron chi connectivity index (χ3n) is 3.75. The van der Waals surface area contributed by atoms with Crippen LogP contribution in [-0.2, 0) is 11.2 Å². The number of rotatable bonds is 8. The van der Waals surface area contributed by atoms with Crippen LogP contribution in [0.5, 0.6) is 0 Å². The monoisotopic (exact) mass is 297 g/mol. The van der Waals surface area contributed by atoms with Crippen molar-refractivity contribution in [3.8, 4) is 0 Å². The molecule has 114 valence electrons. The summed E-state index contributed by atoms with van der Waals surface area (Å²) in [5.41, 5.74) is 1.32. The van der Waals surface area contributed by atoms with Crippen LogP contribution in [-0.4, -0.2) is 38.8 Å². The second-order valence-corrected chi connectivity index (χ2v) is 6.48. The zero-order chi connectivity index (χ0) is 14.4. The molecule has 1 aliphatic carbocycles. The first-order chi connectivity index (χ1) is 9.76. The first-order valence-corrected chi connectivity index (χ1v) is 8.51. The van der Waals surface area contributed by atoms with E-state index in [1.54, 1.807) is 7.11 Å². The Hall–Kier alpha value is -0.650. The second kappa shape index (κ2) is 7.96. The second-order valence-electron chi connectivity index (χ2n) is 5.47. The maximum atomic E-state index is 5.12. The van der Waals surface area contributed by atoms with E-state index in [4.69, 9.17) is 9.72 Å². The van der Waals surface area contributed by atoms with Gasteiger partial charge in [-0.2, -0.15) is 0 Å². The average Bonchev–Trinajstić information content (AvgIpc) is 2.90. The molecule has 0 aliphatic heterocycles. The Morgan fingerprint density at radius 3 is 3.10 bits per heavy atom. The number of nitrogens with zero attached hydrogens (tertiary/aromatic N) is 2. The van der Waals surface area contributed by atoms with Gasteiger partial charge in [-0.15, -0.1) is 0 Å². The van der Waals surface area contributed by atoms with Gasteiger partial charge in [-0.1, -0.05) is 18.3 Å². The van der Waals surface area contributed by atoms with E-state index in [1.165, 1.54) is 29.8 Å². The van der Waals surface area contributed by atoms with Gasteiger partial charge >= 0.3 is 0 Å². The van der Waals surface area contributed by atoms with Crippen molar-refractivity contribution in [1.82, 2.24) is 10.3 Å². The van der Waals surface area contributed by atoms with Crippen LogP contribution in [0.4, 0.5) is 5.13 Å². The van der Waals surface area contributed by atoms with Crippen LogP contribution < -0.4 is 10.2 Å². The van der Waals surface area contributed by atoms with Crippen LogP contribution >= 0.6 is 11.3 Å². The van der Waals surface area contributed by atoms with Gasteiger partial charge in [0.05, 0.1) is 5.69 Å². The Morgan fingerprint density at radius 1 is 1.50 bits per heavy atom. The predicted molar refractivity (Wildman–Crippen MR) is 85.8 cm³/mol. The molecule has 0 saturated heterocycles. The summed E-state index contributed by atoms with van der Waals surface area (Å²) >= 11 is 1.87. The van der Waals surface area contributed by atoms with Gasteiger partial charge in [0.15, 0.2) is 5.13 Å². The summed E-state index contributed by atoms with van der Waals surface area (Å²) in [6.07, 6.45) is 5.89. The van der Waals surface area contributed by atoms with E-state index in [0.29, 0.717) is 6.04 Å². The quantitative estimate of drug-likeness (QED) is 0.749. The molecular formula is C15H27N3OS. The Morgan fingerprint density at radius 2 is 2.35 bits per heavy atom. The largest absolute Gasteiger partial charge is 0.385 e. The van der Waals surface area contributed by atoms with Crippen molar-refractivity contribution in [2.75, 3.05) is 38.8 Å². The molecular weight excluding hydrogens is 270 g/mol. The van der Waals surface area contributed by atoms with Crippen LogP contribution in [0.25, 0.3) is 0 Å². The molecule has 20 heavy (non-hydrogen) atoms. The number of hydrogen-bond acceptors (Lipinski definition) is 5. The van der Waals surface area contributed by atoms with Gasteiger partial charge in [-0.25, -0.2) is 4.98 Å². The molecule has 0 fully saturated rings. The molecule has 1 unspecified atom stereocenters. The van der Waals surface area contributed by atoms with Crippen molar-refractivity contribution in [2.45, 2.75) is 45.1 Å². The predicted octanol–water partition coefficient (Wildman–Crippen LogP) is 2.99. The lowest BCUT2D eigenvalue weighted by atomic mass is 9.98. The standard InChI is InChI=1S/C15H27N3OS/c1-4-9-16-12-7-5-8-13-14(12)20-15(17-13)18(2)10-6-11-19-3/h12,16H,4-11H2,1-3H3. The minimum atomic E-state index is 0.525. The molecule has 4 nitrogen and oxygen atoms in total. The minimum Gasteiger partial charge on any atom is -0.385 e. The molecule has 1 aromatic heterocycles. The van der Waals surface area contributed by atoms with Crippen LogP contribution in [0.15, 0.2) is 0 Å². The number of nitrogens with one attached hydrogen (secondary N) is 1. The molecule has 1 N–H and O–H groups in total. The Kier molecular flexibility index (Phi) is 6.26. The Labute approximate surface area is 126 Å². The van der Waals surface area contributed by atoms with Gasteiger partial charge in [0.1, 0.15) is 0 Å². The van der Waals surface area contributed by atoms with Crippen molar-refractivity contribution in [2.24, 2.45) is 0 Å². The van der Waals surface area contributed by atoms with E-state index < -0.39 is 0 Å². The van der Waals surface area contributed by atoms with Gasteiger partial charge in [0, 0.05) is 38.2 Å². The van der Waals surface area contributed by atoms with E-state index >= 15 is 0 Å². The van der Waals surface area contributed by atoms with Crippen molar-refractivity contribution in [3.63, 3.8) is 0 Å². The molecule has 0 radical (unpaired) electrons. The summed E-state index contributed by atoms with van der Waals surface area (Å²) in [5, 5.41) is 4.83. The highest BCUT2D eigenvalue weighted by molar-refractivity contribution is 7.15. The van der Waals surface area contributed by atoms with Crippen molar-refractivity contribution < 1.29 is 4.74 Å². The topological polar surface area (TPSA) is 37.4 Å². The number of hydrogen-bond donors (Lipinski definition) is 1. The number of thiazole rings is 1. The zero-order valence-electron chi connectivity index (χ0n) is 12.9. The number of aryl methyl sites for hydroxylation is 1. The number of ether oxygens (including phenoxy) is 1. The van der Waals surface area contributed by atoms with Crippen LogP contribution in [0.1, 0.15) is 49.2 Å². The van der Waals surface area contributed by atoms with Gasteiger partial charge in [0.2, 0.25) is 0 Å². The maximum absolute atomic E-state index is 5.12. The van der Waals surface area contributed by atoms with Crippen molar-refractivity contribution >= 4 is 16.5 Å². The highest BCUT2D eigenvalue weighted by atomic mass is 32.1. The van der Waals surface area contributed by atoms with E-state index in [9.17, 15) is 0 Å². The fraction of sp³-hybridized carbons (Fsp3) is 0.800. The Bertz CT molecular complexity index is 408. The molecule has 2 rings (SSSR count). The lowest BCUT2D eigenvalue weighted by Gasteiger charge is -2.22. The van der Waals surface area contributed by atoms with Gasteiger partial charge in [0.25, 0.3) is 0 Å². The van der Waals surface area contributed by atoms with Gasteiger partial charge < -0.3 is 15.0 Å². The first-order valence-electron chi connectivity index (χ1n) is 7.69. The SMILES string of the molecule is CCCNC1CCCc2nc(N(C)CCCOC)sc21. The maximum Gasteiger partial charge on any atom is 0.185 e.